The minimum Gasteiger partial charge on any atom is -0.480 e. The zero-order chi connectivity index (χ0) is 16.4. The van der Waals surface area contributed by atoms with E-state index in [-0.39, 0.29) is 9.79 Å². The van der Waals surface area contributed by atoms with Gasteiger partial charge in [0.2, 0.25) is 20.0 Å². The lowest BCUT2D eigenvalue weighted by Crippen LogP contribution is -2.38. The predicted octanol–water partition coefficient (Wildman–Crippen LogP) is -0.312. The summed E-state index contributed by atoms with van der Waals surface area (Å²) in [6, 6.07) is 3.37. The summed E-state index contributed by atoms with van der Waals surface area (Å²) >= 11 is 0. The number of nitrogens with one attached hydrogen (secondary N) is 1. The van der Waals surface area contributed by atoms with E-state index in [1.165, 1.54) is 39.2 Å². The topological polar surface area (TPSA) is 121 Å². The van der Waals surface area contributed by atoms with Crippen molar-refractivity contribution in [3.8, 4) is 0 Å². The van der Waals surface area contributed by atoms with E-state index in [0.29, 0.717) is 0 Å². The molecule has 118 valence electrons. The fourth-order valence-electron chi connectivity index (χ4n) is 1.36. The van der Waals surface area contributed by atoms with Crippen molar-refractivity contribution in [3.05, 3.63) is 24.3 Å². The largest absolute Gasteiger partial charge is 0.480 e. The standard InChI is InChI=1S/C11H16N2O6S2/c1-8(11(14)15)12-20(16,17)9-5-4-6-10(7-9)21(18,19)13(2)3/h4-8,12H,1-3H3,(H,14,15). The number of carboxylic acid groups (broad SMARTS) is 1. The summed E-state index contributed by atoms with van der Waals surface area (Å²) in [6.07, 6.45) is 0. The summed E-state index contributed by atoms with van der Waals surface area (Å²) < 4.78 is 50.8. The van der Waals surface area contributed by atoms with Crippen LogP contribution in [0.5, 0.6) is 0 Å². The fourth-order valence-corrected chi connectivity index (χ4v) is 3.63. The van der Waals surface area contributed by atoms with Crippen molar-refractivity contribution in [2.24, 2.45) is 0 Å². The van der Waals surface area contributed by atoms with Crippen LogP contribution in [0.2, 0.25) is 0 Å². The van der Waals surface area contributed by atoms with Gasteiger partial charge < -0.3 is 5.11 Å². The van der Waals surface area contributed by atoms with Gasteiger partial charge in [0.15, 0.2) is 0 Å². The molecular weight excluding hydrogens is 320 g/mol. The van der Waals surface area contributed by atoms with Crippen molar-refractivity contribution in [1.29, 1.82) is 0 Å². The van der Waals surface area contributed by atoms with E-state index in [1.807, 2.05) is 4.72 Å². The van der Waals surface area contributed by atoms with E-state index in [2.05, 4.69) is 0 Å². The Kier molecular flexibility index (Phi) is 5.10. The second-order valence-corrected chi connectivity index (χ2v) is 8.31. The van der Waals surface area contributed by atoms with Crippen molar-refractivity contribution >= 4 is 26.0 Å². The van der Waals surface area contributed by atoms with Crippen molar-refractivity contribution in [2.45, 2.75) is 22.8 Å². The average molecular weight is 336 g/mol. The van der Waals surface area contributed by atoms with Gasteiger partial charge in [0.1, 0.15) is 6.04 Å². The monoisotopic (exact) mass is 336 g/mol. The third kappa shape index (κ3) is 4.00. The number of sulfonamides is 2. The Bertz CT molecular complexity index is 740. The third-order valence-corrected chi connectivity index (χ3v) is 5.95. The molecule has 0 heterocycles. The summed E-state index contributed by atoms with van der Waals surface area (Å²) in [6.45, 7) is 1.17. The zero-order valence-corrected chi connectivity index (χ0v) is 13.3. The van der Waals surface area contributed by atoms with Crippen LogP contribution in [0.1, 0.15) is 6.92 Å². The van der Waals surface area contributed by atoms with Crippen LogP contribution in [-0.4, -0.2) is 52.4 Å². The summed E-state index contributed by atoms with van der Waals surface area (Å²) in [5.74, 6) is -1.34. The Morgan fingerprint density at radius 3 is 2.19 bits per heavy atom. The maximum atomic E-state index is 12.0. The minimum atomic E-state index is -4.13. The molecular formula is C11H16N2O6S2. The van der Waals surface area contributed by atoms with Gasteiger partial charge in [-0.2, -0.15) is 4.72 Å². The number of hydrogen-bond acceptors (Lipinski definition) is 5. The van der Waals surface area contributed by atoms with Crippen LogP contribution in [0.3, 0.4) is 0 Å². The molecule has 0 aliphatic rings. The molecule has 0 fully saturated rings. The van der Waals surface area contributed by atoms with Crippen LogP contribution in [0, 0.1) is 0 Å². The van der Waals surface area contributed by atoms with E-state index < -0.39 is 32.1 Å². The van der Waals surface area contributed by atoms with Gasteiger partial charge in [-0.3, -0.25) is 4.79 Å². The molecule has 10 heteroatoms. The van der Waals surface area contributed by atoms with Crippen LogP contribution in [0.15, 0.2) is 34.1 Å². The van der Waals surface area contributed by atoms with Gasteiger partial charge >= 0.3 is 5.97 Å². The number of carbonyl (C=O) groups is 1. The Morgan fingerprint density at radius 1 is 1.19 bits per heavy atom. The molecule has 21 heavy (non-hydrogen) atoms. The highest BCUT2D eigenvalue weighted by Gasteiger charge is 2.24. The van der Waals surface area contributed by atoms with Crippen LogP contribution in [0.25, 0.3) is 0 Å². The van der Waals surface area contributed by atoms with E-state index >= 15 is 0 Å². The Morgan fingerprint density at radius 2 is 1.71 bits per heavy atom. The SMILES string of the molecule is CC(NS(=O)(=O)c1cccc(S(=O)(=O)N(C)C)c1)C(=O)O. The van der Waals surface area contributed by atoms with Crippen molar-refractivity contribution in [3.63, 3.8) is 0 Å². The first-order valence-electron chi connectivity index (χ1n) is 5.76. The molecule has 0 bridgehead atoms. The van der Waals surface area contributed by atoms with Crippen LogP contribution < -0.4 is 4.72 Å². The highest BCUT2D eigenvalue weighted by Crippen LogP contribution is 2.18. The first-order valence-corrected chi connectivity index (χ1v) is 8.68. The number of nitrogens with zero attached hydrogens (tertiary/aromatic N) is 1. The molecule has 1 unspecified atom stereocenters. The van der Waals surface area contributed by atoms with Gasteiger partial charge in [0.25, 0.3) is 0 Å². The molecule has 0 saturated carbocycles. The second kappa shape index (κ2) is 6.10. The van der Waals surface area contributed by atoms with E-state index in [9.17, 15) is 21.6 Å². The lowest BCUT2D eigenvalue weighted by molar-refractivity contribution is -0.138. The average Bonchev–Trinajstić information content (AvgIpc) is 2.38. The van der Waals surface area contributed by atoms with E-state index in [0.717, 1.165) is 10.4 Å². The molecule has 0 aliphatic carbocycles. The van der Waals surface area contributed by atoms with Gasteiger partial charge in [-0.05, 0) is 25.1 Å². The first kappa shape index (κ1) is 17.6. The minimum absolute atomic E-state index is 0.196. The van der Waals surface area contributed by atoms with Gasteiger partial charge in [0, 0.05) is 14.1 Å². The van der Waals surface area contributed by atoms with Crippen molar-refractivity contribution in [1.82, 2.24) is 9.03 Å². The summed E-state index contributed by atoms with van der Waals surface area (Å²) in [4.78, 5) is 10.2. The second-order valence-electron chi connectivity index (χ2n) is 4.44. The highest BCUT2D eigenvalue weighted by atomic mass is 32.2. The van der Waals surface area contributed by atoms with Crippen LogP contribution >= 0.6 is 0 Å². The van der Waals surface area contributed by atoms with E-state index in [4.69, 9.17) is 5.11 Å². The Hall–Kier alpha value is -1.49. The lowest BCUT2D eigenvalue weighted by Gasteiger charge is -2.13. The highest BCUT2D eigenvalue weighted by molar-refractivity contribution is 7.90. The molecule has 1 aromatic rings. The molecule has 8 nitrogen and oxygen atoms in total. The number of hydrogen-bond donors (Lipinski definition) is 2. The van der Waals surface area contributed by atoms with Gasteiger partial charge in [0.05, 0.1) is 9.79 Å². The molecule has 1 rings (SSSR count). The number of rotatable bonds is 6. The van der Waals surface area contributed by atoms with Crippen LogP contribution in [-0.2, 0) is 24.8 Å². The normalized spacial score (nSPS) is 14.1. The number of carboxylic acids is 1. The first-order chi connectivity index (χ1) is 9.48. The number of aliphatic carboxylic acids is 1. The molecule has 0 radical (unpaired) electrons. The number of benzene rings is 1. The van der Waals surface area contributed by atoms with Crippen LogP contribution in [0.4, 0.5) is 0 Å². The lowest BCUT2D eigenvalue weighted by atomic mass is 10.4. The van der Waals surface area contributed by atoms with Gasteiger partial charge in [-0.25, -0.2) is 21.1 Å². The van der Waals surface area contributed by atoms with Gasteiger partial charge in [-0.1, -0.05) is 6.07 Å². The summed E-state index contributed by atoms with van der Waals surface area (Å²) in [7, 11) is -5.27. The third-order valence-electron chi connectivity index (χ3n) is 2.60. The summed E-state index contributed by atoms with van der Waals surface area (Å²) in [5.41, 5.74) is 0. The molecule has 0 aromatic heterocycles. The predicted molar refractivity (Wildman–Crippen MR) is 74.7 cm³/mol. The van der Waals surface area contributed by atoms with Gasteiger partial charge in [-0.15, -0.1) is 0 Å². The molecule has 1 aromatic carbocycles. The smallest absolute Gasteiger partial charge is 0.321 e. The fraction of sp³-hybridized carbons (Fsp3) is 0.364. The van der Waals surface area contributed by atoms with Crippen molar-refractivity contribution in [2.75, 3.05) is 14.1 Å². The molecule has 0 spiro atoms. The van der Waals surface area contributed by atoms with Crippen molar-refractivity contribution < 1.29 is 26.7 Å². The Labute approximate surface area is 123 Å². The quantitative estimate of drug-likeness (QED) is 0.735. The Balaban J connectivity index is 3.25. The van der Waals surface area contributed by atoms with E-state index in [1.54, 1.807) is 0 Å². The molecule has 1 atom stereocenters. The zero-order valence-electron chi connectivity index (χ0n) is 11.6. The molecule has 2 N–H and O–H groups in total. The summed E-state index contributed by atoms with van der Waals surface area (Å²) in [5, 5.41) is 8.72. The molecule has 0 saturated heterocycles. The maximum Gasteiger partial charge on any atom is 0.321 e. The maximum absolute atomic E-state index is 12.0. The molecule has 0 amide bonds. The molecule has 0 aliphatic heterocycles.